The summed E-state index contributed by atoms with van der Waals surface area (Å²) in [5.41, 5.74) is 7.47. The molecule has 0 aromatic heterocycles. The van der Waals surface area contributed by atoms with E-state index >= 15 is 0 Å². The summed E-state index contributed by atoms with van der Waals surface area (Å²) in [5.74, 6) is 3.29. The fourth-order valence-corrected chi connectivity index (χ4v) is 15.1. The van der Waals surface area contributed by atoms with Crippen LogP contribution in [0.4, 0.5) is 0 Å². The van der Waals surface area contributed by atoms with E-state index in [2.05, 4.69) is 152 Å². The summed E-state index contributed by atoms with van der Waals surface area (Å²) in [6.45, 7) is 16.2. The van der Waals surface area contributed by atoms with Crippen LogP contribution in [0.3, 0.4) is 0 Å². The molecule has 4 aliphatic rings. The Morgan fingerprint density at radius 2 is 1.15 bits per heavy atom. The van der Waals surface area contributed by atoms with Gasteiger partial charge in [-0.1, -0.05) is 202 Å². The average molecular weight is 1160 g/mol. The molecule has 0 heterocycles. The molecule has 0 bridgehead atoms. The first kappa shape index (κ1) is 71.2. The lowest BCUT2D eigenvalue weighted by molar-refractivity contribution is -0.177. The number of allylic oxidation sites excluding steroid dienone is 18. The zero-order valence-electron chi connectivity index (χ0n) is 52.9. The molecule has 3 saturated carbocycles. The largest absolute Gasteiger partial charge is 0.472 e. The maximum Gasteiger partial charge on any atom is 0.472 e. The minimum atomic E-state index is -4.57. The maximum absolute atomic E-state index is 14.0. The van der Waals surface area contributed by atoms with Gasteiger partial charge in [-0.2, -0.15) is 0 Å². The molecular formula is C72H118NO8P. The van der Waals surface area contributed by atoms with Crippen molar-refractivity contribution < 1.29 is 37.6 Å². The van der Waals surface area contributed by atoms with Crippen LogP contribution in [0, 0.1) is 52.3 Å². The molecule has 6 unspecified atom stereocenters. The molecule has 11 atom stereocenters. The molecule has 4 rings (SSSR count). The molecular weight excluding hydrogens is 1040 g/mol. The molecule has 4 aliphatic carbocycles. The topological polar surface area (TPSA) is 134 Å². The maximum atomic E-state index is 14.0. The number of esters is 2. The fraction of sp³-hybridized carbons (Fsp3) is 0.722. The van der Waals surface area contributed by atoms with Crippen LogP contribution >= 0.6 is 7.82 Å². The van der Waals surface area contributed by atoms with Crippen molar-refractivity contribution in [2.45, 2.75) is 260 Å². The van der Waals surface area contributed by atoms with Gasteiger partial charge < -0.3 is 20.1 Å². The molecule has 0 saturated heterocycles. The van der Waals surface area contributed by atoms with Crippen LogP contribution in [0.25, 0.3) is 0 Å². The molecule has 82 heavy (non-hydrogen) atoms. The van der Waals surface area contributed by atoms with Gasteiger partial charge in [0.15, 0.2) is 6.10 Å². The Labute approximate surface area is 501 Å². The van der Waals surface area contributed by atoms with E-state index in [9.17, 15) is 19.0 Å². The van der Waals surface area contributed by atoms with E-state index in [1.165, 1.54) is 95.5 Å². The van der Waals surface area contributed by atoms with E-state index in [0.717, 1.165) is 94.3 Å². The van der Waals surface area contributed by atoms with E-state index in [1.54, 1.807) is 0 Å². The van der Waals surface area contributed by atoms with Crippen molar-refractivity contribution in [1.82, 2.24) is 0 Å². The van der Waals surface area contributed by atoms with Crippen LogP contribution in [0.2, 0.25) is 0 Å². The van der Waals surface area contributed by atoms with Gasteiger partial charge in [0, 0.05) is 25.3 Å². The molecule has 0 radical (unpaired) electrons. The minimum Gasteiger partial charge on any atom is -0.458 e. The van der Waals surface area contributed by atoms with Crippen LogP contribution in [0.15, 0.2) is 109 Å². The van der Waals surface area contributed by atoms with E-state index in [4.69, 9.17) is 24.3 Å². The summed E-state index contributed by atoms with van der Waals surface area (Å²) in [6, 6.07) is 0. The van der Waals surface area contributed by atoms with E-state index in [1.807, 2.05) is 0 Å². The monoisotopic (exact) mass is 1160 g/mol. The first-order valence-corrected chi connectivity index (χ1v) is 34.8. The van der Waals surface area contributed by atoms with Gasteiger partial charge in [-0.15, -0.1) is 0 Å². The van der Waals surface area contributed by atoms with Gasteiger partial charge in [-0.05, 0) is 188 Å². The van der Waals surface area contributed by atoms with Crippen molar-refractivity contribution in [3.63, 3.8) is 0 Å². The van der Waals surface area contributed by atoms with Gasteiger partial charge in [0.2, 0.25) is 0 Å². The number of phosphoric ester groups is 1. The molecule has 3 N–H and O–H groups in total. The van der Waals surface area contributed by atoms with Gasteiger partial charge in [-0.3, -0.25) is 18.6 Å². The number of fused-ring (bicyclic) bond motifs is 5. The van der Waals surface area contributed by atoms with Gasteiger partial charge >= 0.3 is 19.8 Å². The number of rotatable bonds is 43. The summed E-state index contributed by atoms with van der Waals surface area (Å²) in [6.07, 6.45) is 66.6. The zero-order chi connectivity index (χ0) is 59.3. The van der Waals surface area contributed by atoms with Crippen molar-refractivity contribution in [2.24, 2.45) is 58.0 Å². The molecule has 0 aromatic carbocycles. The number of unbranched alkanes of at least 4 members (excludes halogenated alkanes) is 8. The van der Waals surface area contributed by atoms with Crippen molar-refractivity contribution in [2.75, 3.05) is 19.8 Å². The molecule has 0 spiro atoms. The van der Waals surface area contributed by atoms with Crippen molar-refractivity contribution in [1.29, 1.82) is 0 Å². The lowest BCUT2D eigenvalue weighted by Gasteiger charge is -2.59. The minimum absolute atomic E-state index is 0.0308. The highest BCUT2D eigenvalue weighted by Gasteiger charge is 2.59. The highest BCUT2D eigenvalue weighted by Crippen LogP contribution is 2.68. The number of nitrogens with two attached hydrogens (primary N) is 1. The van der Waals surface area contributed by atoms with Gasteiger partial charge in [0.25, 0.3) is 0 Å². The smallest absolute Gasteiger partial charge is 0.458 e. The highest BCUT2D eigenvalue weighted by molar-refractivity contribution is 7.47. The number of hydrogen-bond acceptors (Lipinski definition) is 8. The van der Waals surface area contributed by atoms with Crippen LogP contribution in [0.1, 0.15) is 248 Å². The molecule has 10 heteroatoms. The zero-order valence-corrected chi connectivity index (χ0v) is 53.8. The number of carbonyl (C=O) groups excluding carboxylic acids is 2. The van der Waals surface area contributed by atoms with Crippen LogP contribution in [-0.4, -0.2) is 48.8 Å². The van der Waals surface area contributed by atoms with Crippen molar-refractivity contribution >= 4 is 19.8 Å². The highest BCUT2D eigenvalue weighted by atomic mass is 31.2. The second-order valence-corrected chi connectivity index (χ2v) is 27.1. The molecule has 0 amide bonds. The molecule has 3 fully saturated rings. The van der Waals surface area contributed by atoms with Crippen LogP contribution in [-0.2, 0) is 32.7 Å². The SMILES string of the molecule is CCCCC/C=C\C/C=C\C/C=C\C/C=C\CCCC(=O)OC(C1CC[C@@]2(C)C(=CCC3C2CC[C@@]2(C)C3CC[C@@H]2[C@H](C)CCCC(C)C)C1)[C@H](COP(=O)(O)OCCN)OC(=O)CCC/C=C\C/C=C\C/C=C\C/C=C\CCCCC. The van der Waals surface area contributed by atoms with Crippen molar-refractivity contribution in [3.8, 4) is 0 Å². The third kappa shape index (κ3) is 26.1. The third-order valence-electron chi connectivity index (χ3n) is 18.9. The summed E-state index contributed by atoms with van der Waals surface area (Å²) >= 11 is 0. The fourth-order valence-electron chi connectivity index (χ4n) is 14.3. The van der Waals surface area contributed by atoms with E-state index in [-0.39, 0.29) is 43.3 Å². The lowest BCUT2D eigenvalue weighted by atomic mass is 9.46. The van der Waals surface area contributed by atoms with Crippen molar-refractivity contribution in [3.05, 3.63) is 109 Å². The quantitative estimate of drug-likeness (QED) is 0.0265. The summed E-state index contributed by atoms with van der Waals surface area (Å²) in [5, 5.41) is 0. The molecule has 0 aliphatic heterocycles. The third-order valence-corrected chi connectivity index (χ3v) is 19.9. The Morgan fingerprint density at radius 1 is 0.634 bits per heavy atom. The summed E-state index contributed by atoms with van der Waals surface area (Å²) in [7, 11) is -4.57. The number of carbonyl (C=O) groups is 2. The predicted octanol–water partition coefficient (Wildman–Crippen LogP) is 19.9. The predicted molar refractivity (Wildman–Crippen MR) is 344 cm³/mol. The van der Waals surface area contributed by atoms with Gasteiger partial charge in [-0.25, -0.2) is 4.57 Å². The molecule has 0 aromatic rings. The van der Waals surface area contributed by atoms with Crippen LogP contribution < -0.4 is 5.73 Å². The number of hydrogen-bond donors (Lipinski definition) is 2. The average Bonchev–Trinajstić information content (AvgIpc) is 3.98. The summed E-state index contributed by atoms with van der Waals surface area (Å²) < 4.78 is 36.7. The van der Waals surface area contributed by atoms with Gasteiger partial charge in [0.1, 0.15) is 6.10 Å². The second kappa shape index (κ2) is 40.9. The Hall–Kier alpha value is -3.33. The Balaban J connectivity index is 1.43. The standard InChI is InChI=1S/C72H118NO8P/c1-8-10-12-14-16-18-20-22-24-26-28-30-32-34-36-38-40-45-68(74)80-67(58-79-82(76,77)78-56-55-73)70(81-69(75)46-41-39-37-35-33-31-29-27-25-23-21-19-17-15-13-11-9-2)61-51-53-71(6)62(57-61)47-48-63-65-50-49-64(60(5)44-42-43-59(3)4)72(65,7)54-52-66(63)71/h16-19,22-25,28-31,34-37,47,59-61,63-67,70H,8-15,20-21,26-27,32-33,38-46,48-58,73H2,1-7H3,(H,76,77)/b18-16-,19-17-,24-22-,25-23-,30-28-,31-29-,36-34-,37-35-/t60-,61?,63?,64-,65?,66?,67+,70?,71+,72-/m1/s1. The Bertz CT molecular complexity index is 2120. The lowest BCUT2D eigenvalue weighted by Crippen LogP contribution is -2.52. The first-order chi connectivity index (χ1) is 39.7. The summed E-state index contributed by atoms with van der Waals surface area (Å²) in [4.78, 5) is 38.6. The molecule has 9 nitrogen and oxygen atoms in total. The number of ether oxygens (including phenoxy) is 2. The second-order valence-electron chi connectivity index (χ2n) is 25.6. The van der Waals surface area contributed by atoms with Crippen LogP contribution in [0.5, 0.6) is 0 Å². The Kier molecular flexibility index (Phi) is 35.5. The molecule has 464 valence electrons. The van der Waals surface area contributed by atoms with Gasteiger partial charge in [0.05, 0.1) is 13.2 Å². The Morgan fingerprint density at radius 3 is 1.66 bits per heavy atom. The van der Waals surface area contributed by atoms with E-state index in [0.29, 0.717) is 42.9 Å². The van der Waals surface area contributed by atoms with E-state index < -0.39 is 32.6 Å². The normalized spacial score (nSPS) is 26.0. The number of phosphoric acid groups is 1. The first-order valence-electron chi connectivity index (χ1n) is 33.3.